The van der Waals surface area contributed by atoms with Gasteiger partial charge in [0.15, 0.2) is 12.4 Å². The van der Waals surface area contributed by atoms with Crippen LogP contribution in [-0.4, -0.2) is 64.6 Å². The van der Waals surface area contributed by atoms with Gasteiger partial charge in [-0.05, 0) is 109 Å². The number of allylic oxidation sites excluding steroid dienone is 2. The Hall–Kier alpha value is -1.48. The van der Waals surface area contributed by atoms with Crippen molar-refractivity contribution in [3.05, 3.63) is 11.6 Å². The molecule has 0 amide bonds. The maximum atomic E-state index is 12.9. The summed E-state index contributed by atoms with van der Waals surface area (Å²) in [6.07, 6.45) is 7.33. The smallest absolute Gasteiger partial charge is 0.310 e. The van der Waals surface area contributed by atoms with Gasteiger partial charge in [-0.15, -0.1) is 0 Å². The van der Waals surface area contributed by atoms with Crippen LogP contribution in [-0.2, 0) is 23.8 Å². The zero-order chi connectivity index (χ0) is 33.0. The van der Waals surface area contributed by atoms with Gasteiger partial charge in [-0.25, -0.2) is 0 Å². The molecule has 254 valence electrons. The van der Waals surface area contributed by atoms with Gasteiger partial charge < -0.3 is 29.5 Å². The van der Waals surface area contributed by atoms with Crippen molar-refractivity contribution in [1.82, 2.24) is 0 Å². The number of carbonyl (C=O) groups is 2. The van der Waals surface area contributed by atoms with Crippen LogP contribution in [0.3, 0.4) is 0 Å². The normalized spacial score (nSPS) is 50.1. The fourth-order valence-corrected chi connectivity index (χ4v) is 12.2. The molecule has 4 saturated carbocycles. The number of aliphatic hydroxyl groups is 2. The van der Waals surface area contributed by atoms with Crippen LogP contribution in [0.25, 0.3) is 0 Å². The van der Waals surface area contributed by atoms with Gasteiger partial charge in [0, 0.05) is 6.92 Å². The Balaban J connectivity index is 1.26. The van der Waals surface area contributed by atoms with Crippen LogP contribution in [0.1, 0.15) is 120 Å². The summed E-state index contributed by atoms with van der Waals surface area (Å²) >= 11 is 0. The van der Waals surface area contributed by atoms with Crippen LogP contribution >= 0.6 is 0 Å². The lowest BCUT2D eigenvalue weighted by Gasteiger charge is -2.71. The molecule has 1 heterocycles. The van der Waals surface area contributed by atoms with E-state index in [0.717, 1.165) is 64.2 Å². The Morgan fingerprint density at radius 2 is 1.58 bits per heavy atom. The summed E-state index contributed by atoms with van der Waals surface area (Å²) in [5.41, 5.74) is 0.929. The first-order valence-electron chi connectivity index (χ1n) is 17.6. The van der Waals surface area contributed by atoms with Gasteiger partial charge in [0.2, 0.25) is 0 Å². The van der Waals surface area contributed by atoms with E-state index in [1.165, 1.54) is 12.5 Å². The molecule has 1 aliphatic heterocycles. The van der Waals surface area contributed by atoms with Gasteiger partial charge >= 0.3 is 11.9 Å². The van der Waals surface area contributed by atoms with Crippen molar-refractivity contribution in [2.24, 2.45) is 50.2 Å². The summed E-state index contributed by atoms with van der Waals surface area (Å²) in [6.45, 7) is 18.0. The number of ether oxygens (including phenoxy) is 3. The minimum atomic E-state index is -1.31. The topological polar surface area (TPSA) is 123 Å². The third-order valence-corrected chi connectivity index (χ3v) is 15.1. The van der Waals surface area contributed by atoms with Crippen LogP contribution in [0, 0.1) is 50.2 Å². The molecule has 0 radical (unpaired) electrons. The molecular weight excluding hydrogens is 572 g/mol. The molecule has 5 aliphatic carbocycles. The average molecular weight is 631 g/mol. The maximum absolute atomic E-state index is 12.9. The molecule has 12 unspecified atom stereocenters. The molecule has 6 aliphatic rings. The molecule has 3 N–H and O–H groups in total. The Morgan fingerprint density at radius 1 is 0.889 bits per heavy atom. The summed E-state index contributed by atoms with van der Waals surface area (Å²) in [7, 11) is 0. The lowest BCUT2D eigenvalue weighted by atomic mass is 9.33. The predicted octanol–water partition coefficient (Wildman–Crippen LogP) is 6.27. The first-order valence-corrected chi connectivity index (χ1v) is 17.6. The Bertz CT molecular complexity index is 1240. The number of carboxylic acids is 1. The molecule has 0 aromatic heterocycles. The molecular formula is C37H58O8. The van der Waals surface area contributed by atoms with E-state index < -0.39 is 42.0 Å². The second-order valence-corrected chi connectivity index (χ2v) is 18.0. The number of carbonyl (C=O) groups excluding carboxylic acids is 1. The van der Waals surface area contributed by atoms with E-state index in [1.807, 2.05) is 0 Å². The number of fused-ring (bicyclic) bond motifs is 7. The van der Waals surface area contributed by atoms with Gasteiger partial charge in [0.05, 0.1) is 18.1 Å². The fourth-order valence-electron chi connectivity index (χ4n) is 12.2. The molecule has 0 aromatic rings. The third kappa shape index (κ3) is 4.81. The highest BCUT2D eigenvalue weighted by molar-refractivity contribution is 5.76. The molecule has 5 fully saturated rings. The van der Waals surface area contributed by atoms with Crippen molar-refractivity contribution >= 4 is 11.9 Å². The van der Waals surface area contributed by atoms with Crippen LogP contribution in [0.5, 0.6) is 0 Å². The summed E-state index contributed by atoms with van der Waals surface area (Å²) in [5, 5.41) is 32.1. The average Bonchev–Trinajstić information content (AvgIpc) is 2.93. The van der Waals surface area contributed by atoms with Gasteiger partial charge in [-0.3, -0.25) is 9.59 Å². The van der Waals surface area contributed by atoms with E-state index in [0.29, 0.717) is 11.8 Å². The Labute approximate surface area is 269 Å². The predicted molar refractivity (Wildman–Crippen MR) is 169 cm³/mol. The molecule has 1 saturated heterocycles. The van der Waals surface area contributed by atoms with E-state index in [2.05, 4.69) is 54.5 Å². The second kappa shape index (κ2) is 10.8. The minimum Gasteiger partial charge on any atom is -0.481 e. The SMILES string of the molecule is CC(=O)OC1COC(OC2CCC3(C)C(CCC4(C)C3CC=C3C5CC(C)(C)CCC5(C(=O)O)CCC34C)C2(C)C)C(O)C1O. The number of hydrogen-bond donors (Lipinski definition) is 3. The van der Waals surface area contributed by atoms with Gasteiger partial charge in [0.1, 0.15) is 12.2 Å². The molecule has 0 aromatic carbocycles. The van der Waals surface area contributed by atoms with E-state index in [4.69, 9.17) is 14.2 Å². The highest BCUT2D eigenvalue weighted by atomic mass is 16.7. The lowest BCUT2D eigenvalue weighted by molar-refractivity contribution is -0.309. The number of carboxylic acid groups (broad SMARTS) is 1. The van der Waals surface area contributed by atoms with Crippen molar-refractivity contribution in [1.29, 1.82) is 0 Å². The molecule has 0 bridgehead atoms. The number of aliphatic hydroxyl groups excluding tert-OH is 2. The van der Waals surface area contributed by atoms with Crippen molar-refractivity contribution in [2.75, 3.05) is 6.61 Å². The number of hydrogen-bond acceptors (Lipinski definition) is 7. The van der Waals surface area contributed by atoms with Crippen molar-refractivity contribution < 1.29 is 39.1 Å². The summed E-state index contributed by atoms with van der Waals surface area (Å²) < 4.78 is 17.5. The van der Waals surface area contributed by atoms with Crippen molar-refractivity contribution in [2.45, 2.75) is 150 Å². The Morgan fingerprint density at radius 3 is 2.24 bits per heavy atom. The first kappa shape index (κ1) is 33.4. The van der Waals surface area contributed by atoms with Gasteiger partial charge in [-0.1, -0.05) is 60.1 Å². The molecule has 45 heavy (non-hydrogen) atoms. The number of esters is 1. The monoisotopic (exact) mass is 630 g/mol. The van der Waals surface area contributed by atoms with Crippen LogP contribution in [0.15, 0.2) is 11.6 Å². The second-order valence-electron chi connectivity index (χ2n) is 18.0. The highest BCUT2D eigenvalue weighted by Gasteiger charge is 2.69. The molecule has 8 heteroatoms. The van der Waals surface area contributed by atoms with Gasteiger partial charge in [-0.2, -0.15) is 0 Å². The molecule has 0 spiro atoms. The molecule has 6 rings (SSSR count). The zero-order valence-corrected chi connectivity index (χ0v) is 28.9. The maximum Gasteiger partial charge on any atom is 0.310 e. The lowest BCUT2D eigenvalue weighted by Crippen LogP contribution is -2.65. The Kier molecular flexibility index (Phi) is 7.99. The van der Waals surface area contributed by atoms with E-state index in [9.17, 15) is 24.9 Å². The molecule has 12 atom stereocenters. The van der Waals surface area contributed by atoms with E-state index in [1.54, 1.807) is 0 Å². The number of aliphatic carboxylic acids is 1. The first-order chi connectivity index (χ1) is 20.8. The molecule has 8 nitrogen and oxygen atoms in total. The van der Waals surface area contributed by atoms with Gasteiger partial charge in [0.25, 0.3) is 0 Å². The number of rotatable bonds is 4. The summed E-state index contributed by atoms with van der Waals surface area (Å²) in [4.78, 5) is 24.4. The van der Waals surface area contributed by atoms with Crippen molar-refractivity contribution in [3.63, 3.8) is 0 Å². The van der Waals surface area contributed by atoms with Crippen LogP contribution in [0.2, 0.25) is 0 Å². The minimum absolute atomic E-state index is 0.0207. The summed E-state index contributed by atoms with van der Waals surface area (Å²) in [5.74, 6) is -0.124. The largest absolute Gasteiger partial charge is 0.481 e. The fraction of sp³-hybridized carbons (Fsp3) is 0.892. The van der Waals surface area contributed by atoms with Crippen LogP contribution in [0.4, 0.5) is 0 Å². The van der Waals surface area contributed by atoms with E-state index >= 15 is 0 Å². The summed E-state index contributed by atoms with van der Waals surface area (Å²) in [6, 6.07) is 0. The standard InChI is InChI=1S/C37H58O8/c1-21(38)44-24-20-43-30(29(40)28(24)39)45-27-12-13-34(6)25(33(27,4)5)11-14-36(8)26(34)10-9-22-23-19-32(2,3)15-17-37(23,31(41)42)18-16-35(22,36)7/h9,23-30,39-40H,10-20H2,1-8H3,(H,41,42). The third-order valence-electron chi connectivity index (χ3n) is 15.1. The quantitative estimate of drug-likeness (QED) is 0.189. The van der Waals surface area contributed by atoms with Crippen molar-refractivity contribution in [3.8, 4) is 0 Å². The zero-order valence-electron chi connectivity index (χ0n) is 28.9. The highest BCUT2D eigenvalue weighted by Crippen LogP contribution is 2.76. The van der Waals surface area contributed by atoms with Crippen LogP contribution < -0.4 is 0 Å². The van der Waals surface area contributed by atoms with E-state index in [-0.39, 0.29) is 45.7 Å².